The van der Waals surface area contributed by atoms with Gasteiger partial charge in [-0.05, 0) is 59.7 Å². The molecule has 0 saturated carbocycles. The van der Waals surface area contributed by atoms with Gasteiger partial charge in [-0.3, -0.25) is 14.6 Å². The third kappa shape index (κ3) is 6.67. The van der Waals surface area contributed by atoms with E-state index in [-0.39, 0.29) is 11.6 Å². The molecule has 1 heterocycles. The lowest BCUT2D eigenvalue weighted by Crippen LogP contribution is -2.30. The van der Waals surface area contributed by atoms with E-state index < -0.39 is 5.91 Å². The van der Waals surface area contributed by atoms with Gasteiger partial charge in [0, 0.05) is 34.3 Å². The third-order valence-corrected chi connectivity index (χ3v) is 5.97. The molecule has 168 valence electrons. The molecule has 0 aliphatic heterocycles. The summed E-state index contributed by atoms with van der Waals surface area (Å²) in [4.78, 5) is 30.9. The van der Waals surface area contributed by atoms with Crippen LogP contribution in [-0.4, -0.2) is 16.8 Å². The van der Waals surface area contributed by atoms with Crippen LogP contribution in [0.15, 0.2) is 120 Å². The van der Waals surface area contributed by atoms with E-state index in [1.165, 1.54) is 5.56 Å². The lowest BCUT2D eigenvalue weighted by atomic mass is 10.2. The first-order chi connectivity index (χ1) is 16.7. The molecular weight excluding hydrogens is 442 g/mol. The van der Waals surface area contributed by atoms with Crippen LogP contribution in [-0.2, 0) is 10.5 Å². The zero-order valence-electron chi connectivity index (χ0n) is 18.3. The van der Waals surface area contributed by atoms with Gasteiger partial charge in [0.1, 0.15) is 5.70 Å². The van der Waals surface area contributed by atoms with Crippen LogP contribution in [0, 0.1) is 0 Å². The second-order valence-corrected chi connectivity index (χ2v) is 8.47. The van der Waals surface area contributed by atoms with E-state index in [0.29, 0.717) is 16.8 Å². The summed E-state index contributed by atoms with van der Waals surface area (Å²) >= 11 is 1.73. The van der Waals surface area contributed by atoms with Crippen molar-refractivity contribution in [2.24, 2.45) is 0 Å². The summed E-state index contributed by atoms with van der Waals surface area (Å²) in [6.45, 7) is 0. The summed E-state index contributed by atoms with van der Waals surface area (Å²) in [5.41, 5.74) is 3.19. The van der Waals surface area contributed by atoms with Gasteiger partial charge in [-0.1, -0.05) is 54.6 Å². The normalized spacial score (nSPS) is 11.0. The smallest absolute Gasteiger partial charge is 0.272 e. The Balaban J connectivity index is 1.45. The van der Waals surface area contributed by atoms with E-state index in [0.717, 1.165) is 10.6 Å². The molecule has 0 spiro atoms. The molecule has 2 N–H and O–H groups in total. The molecule has 0 unspecified atom stereocenters. The first kappa shape index (κ1) is 23.0. The zero-order chi connectivity index (χ0) is 23.6. The Morgan fingerprint density at radius 2 is 1.53 bits per heavy atom. The number of carbonyl (C=O) groups excluding carboxylic acids is 2. The van der Waals surface area contributed by atoms with Crippen LogP contribution in [0.1, 0.15) is 21.5 Å². The highest BCUT2D eigenvalue weighted by molar-refractivity contribution is 7.98. The molecule has 4 rings (SSSR count). The predicted molar refractivity (Wildman–Crippen MR) is 137 cm³/mol. The highest BCUT2D eigenvalue weighted by atomic mass is 32.2. The lowest BCUT2D eigenvalue weighted by Gasteiger charge is -2.12. The van der Waals surface area contributed by atoms with Gasteiger partial charge < -0.3 is 10.6 Å². The number of carbonyl (C=O) groups is 2. The quantitative estimate of drug-likeness (QED) is 0.255. The van der Waals surface area contributed by atoms with E-state index in [4.69, 9.17) is 0 Å². The van der Waals surface area contributed by atoms with Crippen LogP contribution in [0.3, 0.4) is 0 Å². The molecule has 4 aromatic rings. The molecule has 0 aliphatic rings. The maximum Gasteiger partial charge on any atom is 0.272 e. The number of aromatic nitrogens is 1. The van der Waals surface area contributed by atoms with Gasteiger partial charge in [-0.2, -0.15) is 0 Å². The highest BCUT2D eigenvalue weighted by Gasteiger charge is 2.15. The molecule has 0 fully saturated rings. The van der Waals surface area contributed by atoms with Crippen LogP contribution in [0.25, 0.3) is 6.08 Å². The molecule has 3 aromatic carbocycles. The Bertz CT molecular complexity index is 1260. The standard InChI is InChI=1S/C28H23N3O2S/c32-27(23-11-5-2-6-12-23)31-26(18-22-10-7-17-29-19-22)28(33)30-24-13-15-25(16-14-24)34-20-21-8-3-1-4-9-21/h1-19H,20H2,(H,30,33)(H,31,32)/b26-18-. The van der Waals surface area contributed by atoms with Crippen LogP contribution in [0.5, 0.6) is 0 Å². The van der Waals surface area contributed by atoms with Crippen molar-refractivity contribution < 1.29 is 9.59 Å². The van der Waals surface area contributed by atoms with Crippen molar-refractivity contribution in [2.45, 2.75) is 10.6 Å². The molecule has 0 radical (unpaired) electrons. The minimum atomic E-state index is -0.419. The average Bonchev–Trinajstić information content (AvgIpc) is 2.89. The first-order valence-electron chi connectivity index (χ1n) is 10.7. The minimum Gasteiger partial charge on any atom is -0.321 e. The van der Waals surface area contributed by atoms with E-state index in [1.54, 1.807) is 60.6 Å². The second-order valence-electron chi connectivity index (χ2n) is 7.42. The number of nitrogens with one attached hydrogen (secondary N) is 2. The largest absolute Gasteiger partial charge is 0.321 e. The van der Waals surface area contributed by atoms with Crippen molar-refractivity contribution >= 4 is 35.3 Å². The Labute approximate surface area is 203 Å². The van der Waals surface area contributed by atoms with Gasteiger partial charge in [0.25, 0.3) is 11.8 Å². The number of rotatable bonds is 8. The number of nitrogens with zero attached hydrogens (tertiary/aromatic N) is 1. The van der Waals surface area contributed by atoms with Gasteiger partial charge in [-0.15, -0.1) is 11.8 Å². The number of amides is 2. The van der Waals surface area contributed by atoms with Crippen molar-refractivity contribution in [1.29, 1.82) is 0 Å². The molecule has 6 heteroatoms. The topological polar surface area (TPSA) is 71.1 Å². The van der Waals surface area contributed by atoms with E-state index in [1.807, 2.05) is 54.6 Å². The fourth-order valence-corrected chi connectivity index (χ4v) is 4.00. The third-order valence-electron chi connectivity index (χ3n) is 4.88. The molecule has 5 nitrogen and oxygen atoms in total. The average molecular weight is 466 g/mol. The molecule has 0 bridgehead atoms. The van der Waals surface area contributed by atoms with Gasteiger partial charge in [0.05, 0.1) is 0 Å². The van der Waals surface area contributed by atoms with Gasteiger partial charge in [-0.25, -0.2) is 0 Å². The van der Waals surface area contributed by atoms with Crippen molar-refractivity contribution in [3.05, 3.63) is 132 Å². The first-order valence-corrected chi connectivity index (χ1v) is 11.7. The summed E-state index contributed by atoms with van der Waals surface area (Å²) in [7, 11) is 0. The fourth-order valence-electron chi connectivity index (χ4n) is 3.14. The van der Waals surface area contributed by atoms with E-state index >= 15 is 0 Å². The Kier molecular flexibility index (Phi) is 7.87. The fraction of sp³-hybridized carbons (Fsp3) is 0.0357. The number of hydrogen-bond donors (Lipinski definition) is 2. The second kappa shape index (κ2) is 11.6. The molecule has 0 atom stereocenters. The van der Waals surface area contributed by atoms with E-state index in [9.17, 15) is 9.59 Å². The van der Waals surface area contributed by atoms with Crippen molar-refractivity contribution in [2.75, 3.05) is 5.32 Å². The van der Waals surface area contributed by atoms with Crippen LogP contribution >= 0.6 is 11.8 Å². The number of anilines is 1. The molecule has 0 aliphatic carbocycles. The molecule has 2 amide bonds. The maximum absolute atomic E-state index is 13.1. The Morgan fingerprint density at radius 1 is 0.824 bits per heavy atom. The highest BCUT2D eigenvalue weighted by Crippen LogP contribution is 2.24. The predicted octanol–water partition coefficient (Wildman–Crippen LogP) is 5.78. The number of thioether (sulfide) groups is 1. The maximum atomic E-state index is 13.1. The van der Waals surface area contributed by atoms with Gasteiger partial charge in [0.2, 0.25) is 0 Å². The van der Waals surface area contributed by atoms with Crippen molar-refractivity contribution in [1.82, 2.24) is 10.3 Å². The molecule has 0 saturated heterocycles. The lowest BCUT2D eigenvalue weighted by molar-refractivity contribution is -0.113. The van der Waals surface area contributed by atoms with E-state index in [2.05, 4.69) is 27.8 Å². The summed E-state index contributed by atoms with van der Waals surface area (Å²) in [6, 6.07) is 30.3. The SMILES string of the molecule is O=C(Nc1ccc(SCc2ccccc2)cc1)/C(=C/c1cccnc1)NC(=O)c1ccccc1. The summed E-state index contributed by atoms with van der Waals surface area (Å²) < 4.78 is 0. The van der Waals surface area contributed by atoms with Crippen LogP contribution in [0.4, 0.5) is 5.69 Å². The van der Waals surface area contributed by atoms with Gasteiger partial charge in [0.15, 0.2) is 0 Å². The van der Waals surface area contributed by atoms with Crippen molar-refractivity contribution in [3.63, 3.8) is 0 Å². The van der Waals surface area contributed by atoms with Crippen LogP contribution in [0.2, 0.25) is 0 Å². The Hall–Kier alpha value is -4.16. The molecule has 34 heavy (non-hydrogen) atoms. The summed E-state index contributed by atoms with van der Waals surface area (Å²) in [6.07, 6.45) is 4.88. The number of benzene rings is 3. The summed E-state index contributed by atoms with van der Waals surface area (Å²) in [5, 5.41) is 5.60. The summed E-state index contributed by atoms with van der Waals surface area (Å²) in [5.74, 6) is 0.0900. The van der Waals surface area contributed by atoms with Crippen molar-refractivity contribution in [3.8, 4) is 0 Å². The van der Waals surface area contributed by atoms with Crippen LogP contribution < -0.4 is 10.6 Å². The number of hydrogen-bond acceptors (Lipinski definition) is 4. The molecular formula is C28H23N3O2S. The zero-order valence-corrected chi connectivity index (χ0v) is 19.2. The monoisotopic (exact) mass is 465 g/mol. The minimum absolute atomic E-state index is 0.129. The number of pyridine rings is 1. The molecule has 1 aromatic heterocycles. The van der Waals surface area contributed by atoms with Gasteiger partial charge >= 0.3 is 0 Å². The Morgan fingerprint density at radius 3 is 2.21 bits per heavy atom.